The molecule has 1 aromatic heterocycles. The zero-order valence-electron chi connectivity index (χ0n) is 10.4. The van der Waals surface area contributed by atoms with Crippen molar-refractivity contribution < 1.29 is 5.11 Å². The van der Waals surface area contributed by atoms with Gasteiger partial charge in [-0.15, -0.1) is 0 Å². The van der Waals surface area contributed by atoms with Gasteiger partial charge in [0.1, 0.15) is 0 Å². The number of hydrogen-bond acceptors (Lipinski definition) is 4. The predicted molar refractivity (Wildman–Crippen MR) is 67.6 cm³/mol. The van der Waals surface area contributed by atoms with Gasteiger partial charge in [-0.1, -0.05) is 6.92 Å². The Balaban J connectivity index is 1.93. The third-order valence-electron chi connectivity index (χ3n) is 3.34. The molecule has 1 fully saturated rings. The lowest BCUT2D eigenvalue weighted by molar-refractivity contribution is 0.0199. The highest BCUT2D eigenvalue weighted by Gasteiger charge is 2.32. The van der Waals surface area contributed by atoms with Crippen molar-refractivity contribution in [3.63, 3.8) is 0 Å². The van der Waals surface area contributed by atoms with Gasteiger partial charge < -0.3 is 10.4 Å². The number of β-amino-alcohol motifs (C(OH)–C–C–N with tert-alkyl or cyclic N) is 1. The summed E-state index contributed by atoms with van der Waals surface area (Å²) in [5.41, 5.74) is 0.694. The summed E-state index contributed by atoms with van der Waals surface area (Å²) in [5, 5.41) is 13.6. The molecule has 0 amide bonds. The molecule has 0 aliphatic carbocycles. The van der Waals surface area contributed by atoms with Gasteiger partial charge in [0.05, 0.1) is 5.60 Å². The van der Waals surface area contributed by atoms with E-state index in [0.29, 0.717) is 6.54 Å². The van der Waals surface area contributed by atoms with Crippen LogP contribution in [0.1, 0.15) is 18.9 Å². The third-order valence-corrected chi connectivity index (χ3v) is 3.34. The van der Waals surface area contributed by atoms with Gasteiger partial charge in [-0.3, -0.25) is 9.88 Å². The van der Waals surface area contributed by atoms with Crippen LogP contribution in [0.3, 0.4) is 0 Å². The van der Waals surface area contributed by atoms with E-state index < -0.39 is 5.60 Å². The fourth-order valence-electron chi connectivity index (χ4n) is 2.31. The zero-order chi connectivity index (χ0) is 12.1. The normalized spacial score (nSPS) is 24.4. The molecule has 0 bridgehead atoms. The molecule has 1 aromatic rings. The first-order valence-electron chi connectivity index (χ1n) is 6.26. The van der Waals surface area contributed by atoms with Crippen molar-refractivity contribution in [1.29, 1.82) is 0 Å². The fourth-order valence-corrected chi connectivity index (χ4v) is 2.31. The largest absolute Gasteiger partial charge is 0.387 e. The zero-order valence-corrected chi connectivity index (χ0v) is 10.4. The van der Waals surface area contributed by atoms with Gasteiger partial charge in [-0.25, -0.2) is 0 Å². The van der Waals surface area contributed by atoms with Crippen LogP contribution in [-0.4, -0.2) is 46.8 Å². The number of nitrogens with zero attached hydrogens (tertiary/aromatic N) is 2. The van der Waals surface area contributed by atoms with Crippen molar-refractivity contribution in [3.8, 4) is 0 Å². The molecule has 4 heteroatoms. The Labute approximate surface area is 103 Å². The maximum Gasteiger partial charge on any atom is 0.0909 e. The number of hydrogen-bond donors (Lipinski definition) is 2. The maximum absolute atomic E-state index is 10.4. The summed E-state index contributed by atoms with van der Waals surface area (Å²) in [7, 11) is 0. The summed E-state index contributed by atoms with van der Waals surface area (Å²) in [5.74, 6) is 0. The minimum Gasteiger partial charge on any atom is -0.387 e. The molecule has 0 spiro atoms. The standard InChI is InChI=1S/C13H21N3O/c1-2-16(9-12-3-6-14-7-4-12)11-13(17)5-8-15-10-13/h3-4,6-7,15,17H,2,5,8-11H2,1H3/t13-/m0/s1. The summed E-state index contributed by atoms with van der Waals surface area (Å²) in [6.45, 7) is 6.32. The second-order valence-corrected chi connectivity index (χ2v) is 4.81. The van der Waals surface area contributed by atoms with Crippen molar-refractivity contribution in [1.82, 2.24) is 15.2 Å². The van der Waals surface area contributed by atoms with E-state index in [1.54, 1.807) is 0 Å². The van der Waals surface area contributed by atoms with Crippen molar-refractivity contribution >= 4 is 0 Å². The van der Waals surface area contributed by atoms with Crippen LogP contribution in [0.25, 0.3) is 0 Å². The number of likely N-dealkylation sites (N-methyl/N-ethyl adjacent to an activating group) is 1. The van der Waals surface area contributed by atoms with Crippen molar-refractivity contribution in [2.45, 2.75) is 25.5 Å². The minimum atomic E-state index is -0.553. The molecule has 4 nitrogen and oxygen atoms in total. The Kier molecular flexibility index (Phi) is 4.10. The average Bonchev–Trinajstić information content (AvgIpc) is 2.76. The average molecular weight is 235 g/mol. The molecule has 94 valence electrons. The van der Waals surface area contributed by atoms with Crippen LogP contribution in [-0.2, 0) is 6.54 Å². The molecule has 1 saturated heterocycles. The van der Waals surface area contributed by atoms with Gasteiger partial charge in [-0.2, -0.15) is 0 Å². The molecule has 1 aliphatic heterocycles. The third kappa shape index (κ3) is 3.49. The van der Waals surface area contributed by atoms with Crippen LogP contribution >= 0.6 is 0 Å². The van der Waals surface area contributed by atoms with E-state index in [4.69, 9.17) is 0 Å². The van der Waals surface area contributed by atoms with E-state index in [0.717, 1.165) is 32.6 Å². The van der Waals surface area contributed by atoms with E-state index in [-0.39, 0.29) is 0 Å². The number of aromatic nitrogens is 1. The first-order valence-corrected chi connectivity index (χ1v) is 6.26. The SMILES string of the molecule is CCN(Cc1ccncc1)C[C@]1(O)CCNC1. The van der Waals surface area contributed by atoms with E-state index in [1.165, 1.54) is 5.56 Å². The Morgan fingerprint density at radius 3 is 2.82 bits per heavy atom. The van der Waals surface area contributed by atoms with Gasteiger partial charge >= 0.3 is 0 Å². The van der Waals surface area contributed by atoms with Gasteiger partial charge in [0.25, 0.3) is 0 Å². The molecular weight excluding hydrogens is 214 g/mol. The quantitative estimate of drug-likeness (QED) is 0.786. The molecule has 0 saturated carbocycles. The smallest absolute Gasteiger partial charge is 0.0909 e. The van der Waals surface area contributed by atoms with E-state index >= 15 is 0 Å². The summed E-state index contributed by atoms with van der Waals surface area (Å²) in [6, 6.07) is 4.05. The van der Waals surface area contributed by atoms with Crippen LogP contribution in [0.4, 0.5) is 0 Å². The molecule has 0 unspecified atom stereocenters. The number of nitrogens with one attached hydrogen (secondary N) is 1. The highest BCUT2D eigenvalue weighted by atomic mass is 16.3. The Morgan fingerprint density at radius 1 is 1.47 bits per heavy atom. The van der Waals surface area contributed by atoms with Crippen molar-refractivity contribution in [3.05, 3.63) is 30.1 Å². The molecule has 2 rings (SSSR count). The predicted octanol–water partition coefficient (Wildman–Crippen LogP) is 0.628. The molecule has 17 heavy (non-hydrogen) atoms. The van der Waals surface area contributed by atoms with E-state index in [2.05, 4.69) is 22.1 Å². The molecule has 1 atom stereocenters. The van der Waals surface area contributed by atoms with Crippen LogP contribution in [0.15, 0.2) is 24.5 Å². The number of pyridine rings is 1. The van der Waals surface area contributed by atoms with Crippen LogP contribution in [0, 0.1) is 0 Å². The highest BCUT2D eigenvalue weighted by Crippen LogP contribution is 2.17. The van der Waals surface area contributed by atoms with Crippen LogP contribution in [0.5, 0.6) is 0 Å². The fraction of sp³-hybridized carbons (Fsp3) is 0.615. The van der Waals surface area contributed by atoms with Crippen LogP contribution in [0.2, 0.25) is 0 Å². The lowest BCUT2D eigenvalue weighted by atomic mass is 10.0. The molecule has 1 aliphatic rings. The Morgan fingerprint density at radius 2 is 2.24 bits per heavy atom. The highest BCUT2D eigenvalue weighted by molar-refractivity contribution is 5.09. The van der Waals surface area contributed by atoms with Gasteiger partial charge in [0, 0.05) is 32.0 Å². The summed E-state index contributed by atoms with van der Waals surface area (Å²) in [4.78, 5) is 6.30. The first kappa shape index (κ1) is 12.5. The van der Waals surface area contributed by atoms with Crippen molar-refractivity contribution in [2.75, 3.05) is 26.2 Å². The maximum atomic E-state index is 10.4. The summed E-state index contributed by atoms with van der Waals surface area (Å²) in [6.07, 6.45) is 4.48. The van der Waals surface area contributed by atoms with Gasteiger partial charge in [0.2, 0.25) is 0 Å². The van der Waals surface area contributed by atoms with E-state index in [1.807, 2.05) is 24.5 Å². The number of rotatable bonds is 5. The van der Waals surface area contributed by atoms with Gasteiger partial charge in [0.15, 0.2) is 0 Å². The second-order valence-electron chi connectivity index (χ2n) is 4.81. The molecule has 0 aromatic carbocycles. The lowest BCUT2D eigenvalue weighted by Gasteiger charge is -2.30. The minimum absolute atomic E-state index is 0.553. The monoisotopic (exact) mass is 235 g/mol. The topological polar surface area (TPSA) is 48.4 Å². The van der Waals surface area contributed by atoms with Crippen molar-refractivity contribution in [2.24, 2.45) is 0 Å². The molecule has 2 heterocycles. The Hall–Kier alpha value is -0.970. The van der Waals surface area contributed by atoms with Gasteiger partial charge in [-0.05, 0) is 37.2 Å². The summed E-state index contributed by atoms with van der Waals surface area (Å²) < 4.78 is 0. The second kappa shape index (κ2) is 5.58. The molecule has 2 N–H and O–H groups in total. The molecule has 0 radical (unpaired) electrons. The van der Waals surface area contributed by atoms with E-state index in [9.17, 15) is 5.11 Å². The first-order chi connectivity index (χ1) is 8.22. The lowest BCUT2D eigenvalue weighted by Crippen LogP contribution is -2.44. The summed E-state index contributed by atoms with van der Waals surface area (Å²) >= 11 is 0. The number of aliphatic hydroxyl groups is 1. The Bertz CT molecular complexity index is 336. The molecular formula is C13H21N3O. The van der Waals surface area contributed by atoms with Crippen LogP contribution < -0.4 is 5.32 Å².